The van der Waals surface area contributed by atoms with Gasteiger partial charge in [-0.2, -0.15) is 0 Å². The molecule has 0 aromatic heterocycles. The van der Waals surface area contributed by atoms with Gasteiger partial charge in [0, 0.05) is 5.56 Å². The standard InChI is InChI=1S/C9H13NO3/c1-2-9(10,13)6-3-4-7(11)8(12)5-6/h3-5,11-13H,2,10H2,1H3. The van der Waals surface area contributed by atoms with Crippen LogP contribution in [0.3, 0.4) is 0 Å². The maximum atomic E-state index is 9.59. The van der Waals surface area contributed by atoms with E-state index in [0.29, 0.717) is 12.0 Å². The van der Waals surface area contributed by atoms with Crippen molar-refractivity contribution in [1.29, 1.82) is 0 Å². The van der Waals surface area contributed by atoms with Crippen LogP contribution in [0.5, 0.6) is 11.5 Å². The van der Waals surface area contributed by atoms with Crippen molar-refractivity contribution in [3.05, 3.63) is 23.8 Å². The van der Waals surface area contributed by atoms with Crippen LogP contribution in [-0.4, -0.2) is 15.3 Å². The molecule has 0 aliphatic carbocycles. The Morgan fingerprint density at radius 2 is 1.92 bits per heavy atom. The van der Waals surface area contributed by atoms with Gasteiger partial charge in [-0.15, -0.1) is 0 Å². The van der Waals surface area contributed by atoms with E-state index in [1.807, 2.05) is 0 Å². The molecule has 4 nitrogen and oxygen atoms in total. The third-order valence-electron chi connectivity index (χ3n) is 2.01. The molecule has 0 radical (unpaired) electrons. The Bertz CT molecular complexity index is 310. The van der Waals surface area contributed by atoms with E-state index in [-0.39, 0.29) is 11.5 Å². The first-order chi connectivity index (χ1) is 5.97. The highest BCUT2D eigenvalue weighted by molar-refractivity contribution is 5.42. The number of phenolic OH excluding ortho intramolecular Hbond substituents is 2. The predicted molar refractivity (Wildman–Crippen MR) is 48.1 cm³/mol. The minimum absolute atomic E-state index is 0.226. The molecule has 4 heteroatoms. The number of phenols is 2. The summed E-state index contributed by atoms with van der Waals surface area (Å²) in [5.41, 5.74) is 4.45. The van der Waals surface area contributed by atoms with Crippen LogP contribution in [0.1, 0.15) is 18.9 Å². The third-order valence-corrected chi connectivity index (χ3v) is 2.01. The third kappa shape index (κ3) is 1.91. The van der Waals surface area contributed by atoms with Crippen LogP contribution in [0.2, 0.25) is 0 Å². The number of hydrogen-bond donors (Lipinski definition) is 4. The van der Waals surface area contributed by atoms with Crippen molar-refractivity contribution in [2.45, 2.75) is 19.1 Å². The van der Waals surface area contributed by atoms with E-state index in [2.05, 4.69) is 0 Å². The SMILES string of the molecule is CCC(N)(O)c1ccc(O)c(O)c1. The largest absolute Gasteiger partial charge is 0.504 e. The number of aliphatic hydroxyl groups is 1. The lowest BCUT2D eigenvalue weighted by Crippen LogP contribution is -2.35. The van der Waals surface area contributed by atoms with Gasteiger partial charge in [-0.1, -0.05) is 13.0 Å². The molecule has 0 aliphatic heterocycles. The van der Waals surface area contributed by atoms with Crippen molar-refractivity contribution in [3.63, 3.8) is 0 Å². The highest BCUT2D eigenvalue weighted by Crippen LogP contribution is 2.29. The first-order valence-electron chi connectivity index (χ1n) is 4.01. The van der Waals surface area contributed by atoms with E-state index in [9.17, 15) is 5.11 Å². The highest BCUT2D eigenvalue weighted by atomic mass is 16.3. The maximum absolute atomic E-state index is 9.59. The van der Waals surface area contributed by atoms with Gasteiger partial charge in [0.1, 0.15) is 5.72 Å². The highest BCUT2D eigenvalue weighted by Gasteiger charge is 2.21. The van der Waals surface area contributed by atoms with Crippen LogP contribution in [-0.2, 0) is 5.72 Å². The first-order valence-corrected chi connectivity index (χ1v) is 4.01. The molecule has 1 atom stereocenters. The molecule has 5 N–H and O–H groups in total. The van der Waals surface area contributed by atoms with E-state index in [4.69, 9.17) is 15.9 Å². The lowest BCUT2D eigenvalue weighted by atomic mass is 10.0. The van der Waals surface area contributed by atoms with Crippen molar-refractivity contribution in [2.75, 3.05) is 0 Å². The van der Waals surface area contributed by atoms with Gasteiger partial charge < -0.3 is 15.3 Å². The van der Waals surface area contributed by atoms with E-state index < -0.39 is 5.72 Å². The molecule has 1 unspecified atom stereocenters. The molecule has 0 saturated carbocycles. The average molecular weight is 183 g/mol. The maximum Gasteiger partial charge on any atom is 0.157 e. The molecule has 0 amide bonds. The smallest absolute Gasteiger partial charge is 0.157 e. The van der Waals surface area contributed by atoms with Crippen molar-refractivity contribution in [2.24, 2.45) is 5.73 Å². The Morgan fingerprint density at radius 1 is 1.31 bits per heavy atom. The molecule has 1 rings (SSSR count). The number of aromatic hydroxyl groups is 2. The zero-order valence-electron chi connectivity index (χ0n) is 7.36. The molecule has 0 bridgehead atoms. The summed E-state index contributed by atoms with van der Waals surface area (Å²) in [5, 5.41) is 27.7. The van der Waals surface area contributed by atoms with Crippen LogP contribution < -0.4 is 5.73 Å². The molecule has 1 aromatic rings. The van der Waals surface area contributed by atoms with E-state index in [0.717, 1.165) is 0 Å². The molecular weight excluding hydrogens is 170 g/mol. The Kier molecular flexibility index (Phi) is 2.45. The number of benzene rings is 1. The Labute approximate surface area is 76.2 Å². The van der Waals surface area contributed by atoms with Crippen molar-refractivity contribution < 1.29 is 15.3 Å². The summed E-state index contributed by atoms with van der Waals surface area (Å²) < 4.78 is 0. The zero-order chi connectivity index (χ0) is 10.1. The zero-order valence-corrected chi connectivity index (χ0v) is 7.36. The Hall–Kier alpha value is -1.26. The summed E-state index contributed by atoms with van der Waals surface area (Å²) in [6.45, 7) is 1.73. The van der Waals surface area contributed by atoms with Crippen LogP contribution in [0.4, 0.5) is 0 Å². The van der Waals surface area contributed by atoms with Crippen molar-refractivity contribution in [3.8, 4) is 11.5 Å². The fourth-order valence-corrected chi connectivity index (χ4v) is 0.997. The summed E-state index contributed by atoms with van der Waals surface area (Å²) in [7, 11) is 0. The minimum Gasteiger partial charge on any atom is -0.504 e. The number of rotatable bonds is 2. The van der Waals surface area contributed by atoms with Gasteiger partial charge in [0.2, 0.25) is 0 Å². The summed E-state index contributed by atoms with van der Waals surface area (Å²) >= 11 is 0. The Morgan fingerprint density at radius 3 is 2.38 bits per heavy atom. The van der Waals surface area contributed by atoms with Gasteiger partial charge in [0.15, 0.2) is 11.5 Å². The van der Waals surface area contributed by atoms with Gasteiger partial charge in [-0.05, 0) is 18.6 Å². The topological polar surface area (TPSA) is 86.7 Å². The van der Waals surface area contributed by atoms with E-state index in [1.165, 1.54) is 18.2 Å². The number of nitrogens with two attached hydrogens (primary N) is 1. The van der Waals surface area contributed by atoms with E-state index in [1.54, 1.807) is 6.92 Å². The predicted octanol–water partition coefficient (Wildman–Crippen LogP) is 0.612. The minimum atomic E-state index is -1.45. The van der Waals surface area contributed by atoms with Gasteiger partial charge in [0.25, 0.3) is 0 Å². The van der Waals surface area contributed by atoms with Crippen LogP contribution in [0.25, 0.3) is 0 Å². The molecule has 0 aliphatic rings. The fraction of sp³-hybridized carbons (Fsp3) is 0.333. The van der Waals surface area contributed by atoms with Crippen LogP contribution >= 0.6 is 0 Å². The van der Waals surface area contributed by atoms with Gasteiger partial charge in [-0.3, -0.25) is 5.73 Å². The fourth-order valence-electron chi connectivity index (χ4n) is 0.997. The lowest BCUT2D eigenvalue weighted by Gasteiger charge is -2.21. The lowest BCUT2D eigenvalue weighted by molar-refractivity contribution is 0.0392. The molecule has 0 spiro atoms. The summed E-state index contributed by atoms with van der Waals surface area (Å²) in [4.78, 5) is 0. The summed E-state index contributed by atoms with van der Waals surface area (Å²) in [6.07, 6.45) is 0.331. The summed E-state index contributed by atoms with van der Waals surface area (Å²) in [6, 6.07) is 4.01. The quantitative estimate of drug-likeness (QED) is 0.399. The molecule has 1 aromatic carbocycles. The van der Waals surface area contributed by atoms with Crippen LogP contribution in [0.15, 0.2) is 18.2 Å². The second kappa shape index (κ2) is 3.24. The van der Waals surface area contributed by atoms with Gasteiger partial charge >= 0.3 is 0 Å². The number of hydrogen-bond acceptors (Lipinski definition) is 4. The molecule has 0 saturated heterocycles. The second-order valence-electron chi connectivity index (χ2n) is 2.98. The molecule has 13 heavy (non-hydrogen) atoms. The normalized spacial score (nSPS) is 15.3. The average Bonchev–Trinajstić information content (AvgIpc) is 2.09. The van der Waals surface area contributed by atoms with Crippen molar-refractivity contribution >= 4 is 0 Å². The van der Waals surface area contributed by atoms with Crippen LogP contribution in [0, 0.1) is 0 Å². The second-order valence-corrected chi connectivity index (χ2v) is 2.98. The Balaban J connectivity index is 3.10. The van der Waals surface area contributed by atoms with Gasteiger partial charge in [0.05, 0.1) is 0 Å². The molecule has 0 heterocycles. The molecular formula is C9H13NO3. The molecule has 72 valence electrons. The van der Waals surface area contributed by atoms with E-state index >= 15 is 0 Å². The molecule has 0 fully saturated rings. The first kappa shape index (κ1) is 9.83. The van der Waals surface area contributed by atoms with Gasteiger partial charge in [-0.25, -0.2) is 0 Å². The summed E-state index contributed by atoms with van der Waals surface area (Å²) in [5.74, 6) is -0.509. The monoisotopic (exact) mass is 183 g/mol. The van der Waals surface area contributed by atoms with Crippen molar-refractivity contribution in [1.82, 2.24) is 0 Å².